The normalized spacial score (nSPS) is 27.4. The van der Waals surface area contributed by atoms with Gasteiger partial charge in [0.25, 0.3) is 0 Å². The Labute approximate surface area is 156 Å². The third-order valence-corrected chi connectivity index (χ3v) is 5.56. The van der Waals surface area contributed by atoms with Crippen molar-refractivity contribution >= 4 is 23.1 Å². The SMILES string of the molecule is CCC(C)C(=O)C1C(=O)[C@@H](CCC(C)C)[C@@](O)(C(=O)CCC(C)C)C1=O. The molecule has 0 bridgehead atoms. The topological polar surface area (TPSA) is 88.5 Å². The third kappa shape index (κ3) is 4.48. The summed E-state index contributed by atoms with van der Waals surface area (Å²) < 4.78 is 0. The van der Waals surface area contributed by atoms with E-state index in [0.29, 0.717) is 19.3 Å². The first-order chi connectivity index (χ1) is 12.0. The number of carbonyl (C=O) groups excluding carboxylic acids is 4. The molecule has 1 fully saturated rings. The molecule has 4 atom stereocenters. The average Bonchev–Trinajstić information content (AvgIpc) is 2.76. The molecule has 2 unspecified atom stereocenters. The number of ketones is 4. The van der Waals surface area contributed by atoms with Crippen LogP contribution in [0.25, 0.3) is 0 Å². The number of hydrogen-bond acceptors (Lipinski definition) is 5. The van der Waals surface area contributed by atoms with Crippen LogP contribution in [0.4, 0.5) is 0 Å². The largest absolute Gasteiger partial charge is 0.374 e. The lowest BCUT2D eigenvalue weighted by atomic mass is 9.79. The highest BCUT2D eigenvalue weighted by atomic mass is 16.3. The van der Waals surface area contributed by atoms with E-state index in [2.05, 4.69) is 0 Å². The number of hydrogen-bond donors (Lipinski definition) is 1. The molecule has 26 heavy (non-hydrogen) atoms. The minimum Gasteiger partial charge on any atom is -0.374 e. The Hall–Kier alpha value is -1.36. The summed E-state index contributed by atoms with van der Waals surface area (Å²) in [7, 11) is 0. The van der Waals surface area contributed by atoms with Crippen molar-refractivity contribution in [3.8, 4) is 0 Å². The summed E-state index contributed by atoms with van der Waals surface area (Å²) >= 11 is 0. The number of aliphatic hydroxyl groups is 1. The van der Waals surface area contributed by atoms with Gasteiger partial charge in [-0.15, -0.1) is 0 Å². The summed E-state index contributed by atoms with van der Waals surface area (Å²) in [4.78, 5) is 51.2. The van der Waals surface area contributed by atoms with E-state index < -0.39 is 46.5 Å². The molecule has 1 rings (SSSR count). The molecule has 5 heteroatoms. The highest BCUT2D eigenvalue weighted by molar-refractivity contribution is 6.33. The Morgan fingerprint density at radius 3 is 2.04 bits per heavy atom. The van der Waals surface area contributed by atoms with Gasteiger partial charge in [0.1, 0.15) is 5.92 Å². The van der Waals surface area contributed by atoms with Gasteiger partial charge in [0.15, 0.2) is 28.7 Å². The zero-order valence-electron chi connectivity index (χ0n) is 17.0. The first-order valence-electron chi connectivity index (χ1n) is 9.85. The summed E-state index contributed by atoms with van der Waals surface area (Å²) in [5.41, 5.74) is -2.34. The molecular formula is C21H34O5. The van der Waals surface area contributed by atoms with Crippen LogP contribution in [-0.4, -0.2) is 33.8 Å². The predicted octanol–water partition coefficient (Wildman–Crippen LogP) is 3.16. The second-order valence-corrected chi connectivity index (χ2v) is 8.56. The average molecular weight is 366 g/mol. The lowest BCUT2D eigenvalue weighted by Crippen LogP contribution is -2.50. The Balaban J connectivity index is 3.24. The van der Waals surface area contributed by atoms with Crippen LogP contribution in [0, 0.1) is 29.6 Å². The van der Waals surface area contributed by atoms with Gasteiger partial charge in [-0.1, -0.05) is 48.0 Å². The van der Waals surface area contributed by atoms with Gasteiger partial charge in [-0.25, -0.2) is 0 Å². The maximum atomic E-state index is 12.9. The summed E-state index contributed by atoms with van der Waals surface area (Å²) in [5, 5.41) is 11.1. The zero-order chi connectivity index (χ0) is 20.2. The van der Waals surface area contributed by atoms with Gasteiger partial charge in [-0.05, 0) is 31.1 Å². The fourth-order valence-corrected chi connectivity index (χ4v) is 3.48. The van der Waals surface area contributed by atoms with Crippen LogP contribution in [0.3, 0.4) is 0 Å². The smallest absolute Gasteiger partial charge is 0.192 e. The third-order valence-electron chi connectivity index (χ3n) is 5.56. The summed E-state index contributed by atoms with van der Waals surface area (Å²) in [6.07, 6.45) is 1.93. The van der Waals surface area contributed by atoms with Crippen molar-refractivity contribution in [3.05, 3.63) is 0 Å². The number of rotatable bonds is 10. The molecule has 0 aliphatic heterocycles. The predicted molar refractivity (Wildman–Crippen MR) is 99.6 cm³/mol. The van der Waals surface area contributed by atoms with Crippen molar-refractivity contribution in [2.75, 3.05) is 0 Å². The van der Waals surface area contributed by atoms with Gasteiger partial charge in [-0.3, -0.25) is 19.2 Å². The molecule has 0 amide bonds. The molecule has 0 aromatic carbocycles. The van der Waals surface area contributed by atoms with Gasteiger partial charge in [0, 0.05) is 12.3 Å². The molecule has 1 aliphatic rings. The van der Waals surface area contributed by atoms with E-state index in [-0.39, 0.29) is 24.7 Å². The zero-order valence-corrected chi connectivity index (χ0v) is 17.0. The van der Waals surface area contributed by atoms with Gasteiger partial charge < -0.3 is 5.11 Å². The van der Waals surface area contributed by atoms with E-state index in [9.17, 15) is 24.3 Å². The lowest BCUT2D eigenvalue weighted by Gasteiger charge is -2.26. The minimum absolute atomic E-state index is 0.0373. The molecule has 0 aromatic heterocycles. The monoisotopic (exact) mass is 366 g/mol. The summed E-state index contributed by atoms with van der Waals surface area (Å²) in [6, 6.07) is 0. The van der Waals surface area contributed by atoms with Crippen LogP contribution >= 0.6 is 0 Å². The quantitative estimate of drug-likeness (QED) is 0.600. The van der Waals surface area contributed by atoms with E-state index >= 15 is 0 Å². The van der Waals surface area contributed by atoms with Crippen LogP contribution in [-0.2, 0) is 19.2 Å². The molecule has 1 N–H and O–H groups in total. The molecule has 0 spiro atoms. The molecule has 148 valence electrons. The second kappa shape index (κ2) is 9.03. The lowest BCUT2D eigenvalue weighted by molar-refractivity contribution is -0.155. The van der Waals surface area contributed by atoms with Crippen LogP contribution in [0.5, 0.6) is 0 Å². The van der Waals surface area contributed by atoms with Gasteiger partial charge in [-0.2, -0.15) is 0 Å². The molecule has 0 radical (unpaired) electrons. The van der Waals surface area contributed by atoms with E-state index in [1.54, 1.807) is 6.92 Å². The Bertz CT molecular complexity index is 563. The van der Waals surface area contributed by atoms with Crippen LogP contribution in [0.15, 0.2) is 0 Å². The summed E-state index contributed by atoms with van der Waals surface area (Å²) in [6.45, 7) is 11.3. The maximum Gasteiger partial charge on any atom is 0.192 e. The molecule has 1 aliphatic carbocycles. The molecule has 1 saturated carbocycles. The first-order valence-corrected chi connectivity index (χ1v) is 9.85. The van der Waals surface area contributed by atoms with Crippen molar-refractivity contribution in [1.29, 1.82) is 0 Å². The van der Waals surface area contributed by atoms with Gasteiger partial charge in [0.05, 0.1) is 5.92 Å². The van der Waals surface area contributed by atoms with Crippen molar-refractivity contribution < 1.29 is 24.3 Å². The molecular weight excluding hydrogens is 332 g/mol. The van der Waals surface area contributed by atoms with E-state index in [1.165, 1.54) is 0 Å². The molecule has 0 heterocycles. The Morgan fingerprint density at radius 1 is 1.04 bits per heavy atom. The van der Waals surface area contributed by atoms with Crippen LogP contribution in [0.1, 0.15) is 73.6 Å². The first kappa shape index (κ1) is 22.7. The fraction of sp³-hybridized carbons (Fsp3) is 0.810. The molecule has 0 aromatic rings. The van der Waals surface area contributed by atoms with Crippen molar-refractivity contribution in [3.63, 3.8) is 0 Å². The van der Waals surface area contributed by atoms with Crippen molar-refractivity contribution in [2.24, 2.45) is 29.6 Å². The Morgan fingerprint density at radius 2 is 1.58 bits per heavy atom. The minimum atomic E-state index is -2.34. The number of Topliss-reactive ketones (excluding diaryl/α,β-unsaturated/α-hetero) is 4. The van der Waals surface area contributed by atoms with E-state index in [1.807, 2.05) is 34.6 Å². The Kier molecular flexibility index (Phi) is 7.87. The standard InChI is InChI=1S/C21H34O5/c1-7-14(6)18(23)17-19(24)15(10-8-12(2)3)21(26,20(17)25)16(22)11-9-13(4)5/h12-15,17,26H,7-11H2,1-6H3/t14?,15-,17?,21-/m1/s1. The van der Waals surface area contributed by atoms with E-state index in [4.69, 9.17) is 0 Å². The van der Waals surface area contributed by atoms with Gasteiger partial charge >= 0.3 is 0 Å². The highest BCUT2D eigenvalue weighted by Gasteiger charge is 2.64. The van der Waals surface area contributed by atoms with Crippen LogP contribution in [0.2, 0.25) is 0 Å². The second-order valence-electron chi connectivity index (χ2n) is 8.56. The van der Waals surface area contributed by atoms with Gasteiger partial charge in [0.2, 0.25) is 0 Å². The van der Waals surface area contributed by atoms with Crippen molar-refractivity contribution in [1.82, 2.24) is 0 Å². The number of carbonyl (C=O) groups is 4. The summed E-state index contributed by atoms with van der Waals surface area (Å²) in [5.74, 6) is -5.09. The highest BCUT2D eigenvalue weighted by Crippen LogP contribution is 2.40. The fourth-order valence-electron chi connectivity index (χ4n) is 3.48. The maximum absolute atomic E-state index is 12.9. The van der Waals surface area contributed by atoms with E-state index in [0.717, 1.165) is 0 Å². The van der Waals surface area contributed by atoms with Crippen LogP contribution < -0.4 is 0 Å². The van der Waals surface area contributed by atoms with Crippen molar-refractivity contribution in [2.45, 2.75) is 79.2 Å². The molecule has 0 saturated heterocycles. The molecule has 5 nitrogen and oxygen atoms in total.